The van der Waals surface area contributed by atoms with Gasteiger partial charge in [-0.2, -0.15) is 0 Å². The van der Waals surface area contributed by atoms with Gasteiger partial charge in [0.05, 0.1) is 22.6 Å². The summed E-state index contributed by atoms with van der Waals surface area (Å²) < 4.78 is 5.91. The summed E-state index contributed by atoms with van der Waals surface area (Å²) in [5.41, 5.74) is 1.43. The maximum atomic E-state index is 13.3. The van der Waals surface area contributed by atoms with E-state index in [-0.39, 0.29) is 11.8 Å². The molecule has 154 valence electrons. The van der Waals surface area contributed by atoms with Gasteiger partial charge < -0.3 is 15.4 Å². The summed E-state index contributed by atoms with van der Waals surface area (Å²) in [7, 11) is 1.57. The minimum atomic E-state index is -0.538. The summed E-state index contributed by atoms with van der Waals surface area (Å²) in [6, 6.07) is 12.9. The van der Waals surface area contributed by atoms with Crippen molar-refractivity contribution >= 4 is 45.0 Å². The molecule has 2 N–H and O–H groups in total. The van der Waals surface area contributed by atoms with Gasteiger partial charge >= 0.3 is 0 Å². The van der Waals surface area contributed by atoms with Crippen molar-refractivity contribution in [3.8, 4) is 0 Å². The van der Waals surface area contributed by atoms with Gasteiger partial charge in [-0.15, -0.1) is 0 Å². The predicted octanol–water partition coefficient (Wildman–Crippen LogP) is 4.93. The Hall–Kier alpha value is -1.89. The van der Waals surface area contributed by atoms with Gasteiger partial charge in [-0.25, -0.2) is 0 Å². The van der Waals surface area contributed by atoms with E-state index in [1.54, 1.807) is 25.3 Å². The fraction of sp³-hybridized carbons (Fsp3) is 0.364. The molecular weight excluding hydrogens is 456 g/mol. The van der Waals surface area contributed by atoms with E-state index in [0.29, 0.717) is 29.4 Å². The van der Waals surface area contributed by atoms with E-state index >= 15 is 0 Å². The lowest BCUT2D eigenvalue weighted by Gasteiger charge is -2.28. The van der Waals surface area contributed by atoms with Crippen LogP contribution < -0.4 is 10.6 Å². The van der Waals surface area contributed by atoms with Crippen molar-refractivity contribution in [2.75, 3.05) is 25.6 Å². The average molecular weight is 480 g/mol. The maximum Gasteiger partial charge on any atom is 0.252 e. The fourth-order valence-corrected chi connectivity index (χ4v) is 4.31. The van der Waals surface area contributed by atoms with Gasteiger partial charge in [-0.3, -0.25) is 9.59 Å². The molecule has 0 radical (unpaired) electrons. The van der Waals surface area contributed by atoms with Gasteiger partial charge in [0, 0.05) is 23.8 Å². The van der Waals surface area contributed by atoms with Crippen LogP contribution in [0.15, 0.2) is 46.9 Å². The third-order valence-electron chi connectivity index (χ3n) is 5.35. The van der Waals surface area contributed by atoms with E-state index < -0.39 is 5.41 Å². The first kappa shape index (κ1) is 21.8. The molecule has 5 nitrogen and oxygen atoms in total. The topological polar surface area (TPSA) is 67.4 Å². The second-order valence-corrected chi connectivity index (χ2v) is 8.52. The molecule has 2 amide bonds. The van der Waals surface area contributed by atoms with Crippen LogP contribution in [0.1, 0.15) is 41.6 Å². The molecule has 0 aromatic heterocycles. The van der Waals surface area contributed by atoms with Crippen LogP contribution in [-0.2, 0) is 14.9 Å². The lowest BCUT2D eigenvalue weighted by atomic mass is 9.78. The van der Waals surface area contributed by atoms with Gasteiger partial charge in [0.1, 0.15) is 0 Å². The molecule has 0 unspecified atom stereocenters. The highest BCUT2D eigenvalue weighted by Crippen LogP contribution is 2.42. The summed E-state index contributed by atoms with van der Waals surface area (Å²) in [6.45, 7) is 0.829. The number of carbonyl (C=O) groups is 2. The van der Waals surface area contributed by atoms with Crippen LogP contribution in [0.4, 0.5) is 5.69 Å². The van der Waals surface area contributed by atoms with Crippen LogP contribution in [0.3, 0.4) is 0 Å². The Morgan fingerprint density at radius 2 is 1.83 bits per heavy atom. The molecule has 0 bridgehead atoms. The summed E-state index contributed by atoms with van der Waals surface area (Å²) in [5, 5.41) is 6.04. The van der Waals surface area contributed by atoms with Crippen LogP contribution in [0.5, 0.6) is 0 Å². The van der Waals surface area contributed by atoms with Crippen molar-refractivity contribution in [2.24, 2.45) is 0 Å². The van der Waals surface area contributed by atoms with Crippen molar-refractivity contribution in [2.45, 2.75) is 31.1 Å². The maximum absolute atomic E-state index is 13.3. The van der Waals surface area contributed by atoms with Crippen molar-refractivity contribution in [1.29, 1.82) is 0 Å². The number of hydrogen-bond acceptors (Lipinski definition) is 3. The molecule has 1 saturated carbocycles. The van der Waals surface area contributed by atoms with E-state index in [4.69, 9.17) is 16.3 Å². The van der Waals surface area contributed by atoms with Crippen LogP contribution in [0.25, 0.3) is 0 Å². The molecule has 2 aromatic rings. The Morgan fingerprint density at radius 1 is 1.14 bits per heavy atom. The molecule has 0 spiro atoms. The number of methoxy groups -OCH3 is 1. The van der Waals surface area contributed by atoms with Gasteiger partial charge in [0.2, 0.25) is 5.91 Å². The Labute approximate surface area is 184 Å². The SMILES string of the molecule is COCCNC(=O)c1ccc(NC(=O)C2(c3ccc(Br)cc3)CCCC2)cc1Cl. The zero-order chi connectivity index (χ0) is 20.9. The van der Waals surface area contributed by atoms with Crippen molar-refractivity contribution in [1.82, 2.24) is 5.32 Å². The van der Waals surface area contributed by atoms with Crippen LogP contribution in [-0.4, -0.2) is 32.1 Å². The summed E-state index contributed by atoms with van der Waals surface area (Å²) in [4.78, 5) is 25.5. The average Bonchev–Trinajstić information content (AvgIpc) is 3.20. The number of ether oxygens (including phenoxy) is 1. The van der Waals surface area contributed by atoms with E-state index in [1.165, 1.54) is 0 Å². The summed E-state index contributed by atoms with van der Waals surface area (Å²) in [5.74, 6) is -0.308. The Morgan fingerprint density at radius 3 is 2.45 bits per heavy atom. The number of benzene rings is 2. The minimum absolute atomic E-state index is 0.0364. The molecule has 29 heavy (non-hydrogen) atoms. The number of hydrogen-bond donors (Lipinski definition) is 2. The molecule has 0 aliphatic heterocycles. The van der Waals surface area contributed by atoms with Crippen LogP contribution >= 0.6 is 27.5 Å². The zero-order valence-corrected chi connectivity index (χ0v) is 18.6. The first-order valence-corrected chi connectivity index (χ1v) is 10.8. The Bertz CT molecular complexity index is 880. The molecule has 2 aromatic carbocycles. The number of amides is 2. The van der Waals surface area contributed by atoms with Crippen molar-refractivity contribution < 1.29 is 14.3 Å². The molecule has 1 aliphatic rings. The molecular formula is C22H24BrClN2O3. The second-order valence-electron chi connectivity index (χ2n) is 7.19. The number of nitrogens with one attached hydrogen (secondary N) is 2. The number of halogens is 2. The highest BCUT2D eigenvalue weighted by atomic mass is 79.9. The monoisotopic (exact) mass is 478 g/mol. The molecule has 0 atom stereocenters. The smallest absolute Gasteiger partial charge is 0.252 e. The lowest BCUT2D eigenvalue weighted by molar-refractivity contribution is -0.121. The predicted molar refractivity (Wildman–Crippen MR) is 119 cm³/mol. The Kier molecular flexibility index (Phi) is 7.33. The highest BCUT2D eigenvalue weighted by molar-refractivity contribution is 9.10. The fourth-order valence-electron chi connectivity index (χ4n) is 3.78. The molecule has 1 aliphatic carbocycles. The van der Waals surface area contributed by atoms with Crippen molar-refractivity contribution in [3.63, 3.8) is 0 Å². The number of carbonyl (C=O) groups excluding carboxylic acids is 2. The Balaban J connectivity index is 1.76. The first-order chi connectivity index (χ1) is 14.0. The minimum Gasteiger partial charge on any atom is -0.383 e. The van der Waals surface area contributed by atoms with Gasteiger partial charge in [-0.05, 0) is 48.7 Å². The zero-order valence-electron chi connectivity index (χ0n) is 16.3. The van der Waals surface area contributed by atoms with Crippen LogP contribution in [0, 0.1) is 0 Å². The number of rotatable bonds is 7. The molecule has 7 heteroatoms. The molecule has 0 heterocycles. The van der Waals surface area contributed by atoms with Crippen LogP contribution in [0.2, 0.25) is 5.02 Å². The van der Waals surface area contributed by atoms with Crippen molar-refractivity contribution in [3.05, 3.63) is 63.1 Å². The molecule has 3 rings (SSSR count). The van der Waals surface area contributed by atoms with E-state index in [9.17, 15) is 9.59 Å². The van der Waals surface area contributed by atoms with E-state index in [0.717, 1.165) is 35.7 Å². The van der Waals surface area contributed by atoms with E-state index in [2.05, 4.69) is 26.6 Å². The number of anilines is 1. The van der Waals surface area contributed by atoms with Gasteiger partial charge in [0.25, 0.3) is 5.91 Å². The normalized spacial score (nSPS) is 15.1. The highest BCUT2D eigenvalue weighted by Gasteiger charge is 2.42. The molecule has 1 fully saturated rings. The third-order valence-corrected chi connectivity index (χ3v) is 6.19. The standard InChI is InChI=1S/C22H24BrClN2O3/c1-29-13-12-25-20(27)18-9-8-17(14-19(18)24)26-21(28)22(10-2-3-11-22)15-4-6-16(23)7-5-15/h4-9,14H,2-3,10-13H2,1H3,(H,25,27)(H,26,28). The summed E-state index contributed by atoms with van der Waals surface area (Å²) in [6.07, 6.45) is 3.66. The van der Waals surface area contributed by atoms with Gasteiger partial charge in [-0.1, -0.05) is 52.5 Å². The summed E-state index contributed by atoms with van der Waals surface area (Å²) >= 11 is 9.75. The first-order valence-electron chi connectivity index (χ1n) is 9.60. The second kappa shape index (κ2) is 9.74. The molecule has 0 saturated heterocycles. The third kappa shape index (κ3) is 5.00. The van der Waals surface area contributed by atoms with Gasteiger partial charge in [0.15, 0.2) is 0 Å². The van der Waals surface area contributed by atoms with E-state index in [1.807, 2.05) is 24.3 Å². The lowest BCUT2D eigenvalue weighted by Crippen LogP contribution is -2.38. The largest absolute Gasteiger partial charge is 0.383 e. The quantitative estimate of drug-likeness (QED) is 0.553.